The Hall–Kier alpha value is -1.82. The van der Waals surface area contributed by atoms with E-state index < -0.39 is 0 Å². The maximum absolute atomic E-state index is 13.4. The van der Waals surface area contributed by atoms with E-state index in [1.807, 2.05) is 0 Å². The molecule has 0 aliphatic carbocycles. The number of aliphatic hydroxyl groups is 1. The van der Waals surface area contributed by atoms with E-state index in [1.165, 1.54) is 19.2 Å². The predicted molar refractivity (Wildman–Crippen MR) is 81.2 cm³/mol. The van der Waals surface area contributed by atoms with Crippen LogP contribution in [0.4, 0.5) is 9.18 Å². The summed E-state index contributed by atoms with van der Waals surface area (Å²) in [7, 11) is 1.48. The highest BCUT2D eigenvalue weighted by Crippen LogP contribution is 2.20. The monoisotopic (exact) mass is 310 g/mol. The van der Waals surface area contributed by atoms with Crippen molar-refractivity contribution in [2.75, 3.05) is 20.2 Å². The van der Waals surface area contributed by atoms with Crippen molar-refractivity contribution in [2.24, 2.45) is 5.92 Å². The quantitative estimate of drug-likeness (QED) is 0.895. The molecule has 0 bridgehead atoms. The van der Waals surface area contributed by atoms with Gasteiger partial charge in [0, 0.05) is 25.7 Å². The first-order valence-electron chi connectivity index (χ1n) is 7.54. The van der Waals surface area contributed by atoms with Crippen LogP contribution in [0.5, 0.6) is 5.75 Å². The zero-order valence-corrected chi connectivity index (χ0v) is 13.0. The van der Waals surface area contributed by atoms with Crippen LogP contribution in [0.3, 0.4) is 0 Å². The molecule has 1 unspecified atom stereocenters. The molecule has 0 radical (unpaired) electrons. The molecule has 6 heteroatoms. The molecule has 1 aliphatic heterocycles. The van der Waals surface area contributed by atoms with Gasteiger partial charge in [0.2, 0.25) is 0 Å². The number of ether oxygens (including phenoxy) is 1. The Kier molecular flexibility index (Phi) is 5.60. The second-order valence-electron chi connectivity index (χ2n) is 5.72. The van der Waals surface area contributed by atoms with Crippen LogP contribution >= 0.6 is 0 Å². The number of aliphatic hydroxyl groups excluding tert-OH is 1. The maximum Gasteiger partial charge on any atom is 0.317 e. The van der Waals surface area contributed by atoms with Crippen LogP contribution in [0.1, 0.15) is 25.3 Å². The smallest absolute Gasteiger partial charge is 0.317 e. The van der Waals surface area contributed by atoms with Gasteiger partial charge >= 0.3 is 6.03 Å². The number of benzene rings is 1. The lowest BCUT2D eigenvalue weighted by molar-refractivity contribution is 0.0798. The van der Waals surface area contributed by atoms with Gasteiger partial charge in [-0.05, 0) is 43.4 Å². The van der Waals surface area contributed by atoms with E-state index in [9.17, 15) is 14.3 Å². The lowest BCUT2D eigenvalue weighted by Gasteiger charge is -2.33. The van der Waals surface area contributed by atoms with Gasteiger partial charge in [0.25, 0.3) is 0 Å². The number of nitrogens with zero attached hydrogens (tertiary/aromatic N) is 1. The summed E-state index contributed by atoms with van der Waals surface area (Å²) in [4.78, 5) is 13.8. The van der Waals surface area contributed by atoms with Crippen LogP contribution in [0.15, 0.2) is 18.2 Å². The first kappa shape index (κ1) is 16.5. The highest BCUT2D eigenvalue weighted by atomic mass is 19.1. The molecule has 1 aromatic carbocycles. The van der Waals surface area contributed by atoms with Crippen molar-refractivity contribution in [1.82, 2.24) is 10.2 Å². The van der Waals surface area contributed by atoms with Gasteiger partial charge in [0.05, 0.1) is 13.2 Å². The topological polar surface area (TPSA) is 61.8 Å². The highest BCUT2D eigenvalue weighted by Gasteiger charge is 2.25. The second kappa shape index (κ2) is 7.45. The molecule has 0 saturated carbocycles. The van der Waals surface area contributed by atoms with E-state index in [0.717, 1.165) is 12.8 Å². The van der Waals surface area contributed by atoms with Crippen molar-refractivity contribution >= 4 is 6.03 Å². The Morgan fingerprint density at radius 3 is 2.73 bits per heavy atom. The molecular formula is C16H23FN2O3. The van der Waals surface area contributed by atoms with E-state index in [1.54, 1.807) is 17.9 Å². The number of carbonyl (C=O) groups is 1. The number of hydrogen-bond donors (Lipinski definition) is 2. The van der Waals surface area contributed by atoms with Crippen LogP contribution in [0, 0.1) is 11.7 Å². The maximum atomic E-state index is 13.4. The molecule has 0 spiro atoms. The molecule has 0 aromatic heterocycles. The Bertz CT molecular complexity index is 514. The molecule has 1 atom stereocenters. The van der Waals surface area contributed by atoms with Crippen molar-refractivity contribution in [2.45, 2.75) is 32.4 Å². The number of amides is 2. The largest absolute Gasteiger partial charge is 0.497 e. The van der Waals surface area contributed by atoms with Crippen molar-refractivity contribution in [1.29, 1.82) is 0 Å². The normalized spacial score (nSPS) is 17.2. The summed E-state index contributed by atoms with van der Waals surface area (Å²) in [6.45, 7) is 3.31. The molecule has 22 heavy (non-hydrogen) atoms. The molecule has 2 amide bonds. The van der Waals surface area contributed by atoms with Crippen molar-refractivity contribution in [3.05, 3.63) is 29.6 Å². The van der Waals surface area contributed by atoms with E-state index in [0.29, 0.717) is 24.4 Å². The Balaban J connectivity index is 1.84. The summed E-state index contributed by atoms with van der Waals surface area (Å²) in [5.74, 6) is 0.305. The lowest BCUT2D eigenvalue weighted by atomic mass is 9.92. The minimum Gasteiger partial charge on any atom is -0.497 e. The summed E-state index contributed by atoms with van der Waals surface area (Å²) < 4.78 is 18.4. The van der Waals surface area contributed by atoms with Crippen molar-refractivity contribution in [3.8, 4) is 5.75 Å². The van der Waals surface area contributed by atoms with E-state index >= 15 is 0 Å². The number of carbonyl (C=O) groups excluding carboxylic acids is 1. The van der Waals surface area contributed by atoms with Crippen molar-refractivity contribution in [3.63, 3.8) is 0 Å². The summed E-state index contributed by atoms with van der Waals surface area (Å²) >= 11 is 0. The fourth-order valence-corrected chi connectivity index (χ4v) is 2.72. The molecule has 1 aliphatic rings. The first-order valence-corrected chi connectivity index (χ1v) is 7.54. The second-order valence-corrected chi connectivity index (χ2v) is 5.72. The Labute approximate surface area is 130 Å². The third-order valence-corrected chi connectivity index (χ3v) is 4.12. The van der Waals surface area contributed by atoms with Gasteiger partial charge in [-0.2, -0.15) is 0 Å². The van der Waals surface area contributed by atoms with Gasteiger partial charge in [-0.1, -0.05) is 0 Å². The molecular weight excluding hydrogens is 287 g/mol. The summed E-state index contributed by atoms with van der Waals surface area (Å²) in [5, 5.41) is 12.4. The summed E-state index contributed by atoms with van der Waals surface area (Å²) in [5.41, 5.74) is 0.657. The first-order chi connectivity index (χ1) is 10.5. The van der Waals surface area contributed by atoms with Crippen LogP contribution in [0.25, 0.3) is 0 Å². The number of urea groups is 1. The third kappa shape index (κ3) is 4.34. The van der Waals surface area contributed by atoms with Gasteiger partial charge < -0.3 is 20.1 Å². The number of rotatable bonds is 4. The molecule has 1 heterocycles. The van der Waals surface area contributed by atoms with Gasteiger partial charge in [-0.25, -0.2) is 9.18 Å². The Morgan fingerprint density at radius 1 is 1.45 bits per heavy atom. The third-order valence-electron chi connectivity index (χ3n) is 4.12. The average molecular weight is 310 g/mol. The molecule has 1 saturated heterocycles. The standard InChI is InChI=1S/C16H23FN2O3/c1-11(20)13-3-5-19(6-4-13)16(21)18-10-12-7-14(17)9-15(8-12)22-2/h7-9,11,13,20H,3-6,10H2,1-2H3,(H,18,21). The summed E-state index contributed by atoms with van der Waals surface area (Å²) in [6.07, 6.45) is 1.28. The van der Waals surface area contributed by atoms with E-state index in [-0.39, 0.29) is 30.4 Å². The van der Waals surface area contributed by atoms with E-state index in [2.05, 4.69) is 5.32 Å². The lowest BCUT2D eigenvalue weighted by Crippen LogP contribution is -2.45. The highest BCUT2D eigenvalue weighted by molar-refractivity contribution is 5.74. The minimum atomic E-state index is -0.388. The SMILES string of the molecule is COc1cc(F)cc(CNC(=O)N2CCC(C(C)O)CC2)c1. The fourth-order valence-electron chi connectivity index (χ4n) is 2.72. The summed E-state index contributed by atoms with van der Waals surface area (Å²) in [6, 6.07) is 4.21. The van der Waals surface area contributed by atoms with Gasteiger partial charge in [-0.3, -0.25) is 0 Å². The average Bonchev–Trinajstić information content (AvgIpc) is 2.52. The van der Waals surface area contributed by atoms with Crippen LogP contribution in [0.2, 0.25) is 0 Å². The predicted octanol–water partition coefficient (Wildman–Crippen LogP) is 2.14. The van der Waals surface area contributed by atoms with Crippen molar-refractivity contribution < 1.29 is 19.0 Å². The zero-order chi connectivity index (χ0) is 16.1. The Morgan fingerprint density at radius 2 is 2.14 bits per heavy atom. The molecule has 1 aromatic rings. The molecule has 2 N–H and O–H groups in total. The van der Waals surface area contributed by atoms with Gasteiger partial charge in [0.1, 0.15) is 11.6 Å². The minimum absolute atomic E-state index is 0.160. The van der Waals surface area contributed by atoms with E-state index in [4.69, 9.17) is 4.74 Å². The number of likely N-dealkylation sites (tertiary alicyclic amines) is 1. The number of piperidine rings is 1. The number of nitrogens with one attached hydrogen (secondary N) is 1. The molecule has 2 rings (SSSR count). The molecule has 122 valence electrons. The van der Waals surface area contributed by atoms with Crippen LogP contribution in [-0.2, 0) is 6.54 Å². The number of hydrogen-bond acceptors (Lipinski definition) is 3. The number of methoxy groups -OCH3 is 1. The number of halogens is 1. The zero-order valence-electron chi connectivity index (χ0n) is 13.0. The molecule has 1 fully saturated rings. The molecule has 5 nitrogen and oxygen atoms in total. The van der Waals surface area contributed by atoms with Gasteiger partial charge in [0.15, 0.2) is 0 Å². The fraction of sp³-hybridized carbons (Fsp3) is 0.562. The van der Waals surface area contributed by atoms with Crippen LogP contribution in [-0.4, -0.2) is 42.3 Å². The van der Waals surface area contributed by atoms with Gasteiger partial charge in [-0.15, -0.1) is 0 Å². The van der Waals surface area contributed by atoms with Crippen LogP contribution < -0.4 is 10.1 Å².